The number of benzene rings is 1. The van der Waals surface area contributed by atoms with Crippen molar-refractivity contribution in [1.82, 2.24) is 10.6 Å². The highest BCUT2D eigenvalue weighted by Gasteiger charge is 2.06. The van der Waals surface area contributed by atoms with Crippen molar-refractivity contribution in [3.63, 3.8) is 0 Å². The summed E-state index contributed by atoms with van der Waals surface area (Å²) in [5.41, 5.74) is 5.68. The number of nitrogens with two attached hydrogens (primary N) is 1. The van der Waals surface area contributed by atoms with Crippen LogP contribution in [0.2, 0.25) is 0 Å². The number of non-ortho nitro benzene ring substituents is 1. The molecule has 0 unspecified atom stereocenters. The third-order valence-electron chi connectivity index (χ3n) is 2.22. The lowest BCUT2D eigenvalue weighted by molar-refractivity contribution is -0.384. The zero-order valence-corrected chi connectivity index (χ0v) is 11.1. The lowest BCUT2D eigenvalue weighted by atomic mass is 10.3. The van der Waals surface area contributed by atoms with E-state index in [1.807, 2.05) is 0 Å². The van der Waals surface area contributed by atoms with Crippen LogP contribution in [0.15, 0.2) is 29.3 Å². The third-order valence-corrected chi connectivity index (χ3v) is 2.22. The van der Waals surface area contributed by atoms with Gasteiger partial charge in [0, 0.05) is 24.9 Å². The fourth-order valence-corrected chi connectivity index (χ4v) is 1.24. The minimum atomic E-state index is -0.549. The molecule has 0 aliphatic rings. The summed E-state index contributed by atoms with van der Waals surface area (Å²) in [6.45, 7) is -0.299. The van der Waals surface area contributed by atoms with E-state index in [4.69, 9.17) is 5.73 Å². The van der Waals surface area contributed by atoms with Crippen LogP contribution in [0.25, 0.3) is 0 Å². The van der Waals surface area contributed by atoms with E-state index in [1.165, 1.54) is 31.3 Å². The van der Waals surface area contributed by atoms with E-state index in [0.29, 0.717) is 5.69 Å². The Hall–Kier alpha value is -3.17. The first-order chi connectivity index (χ1) is 9.92. The Morgan fingerprint density at radius 3 is 2.48 bits per heavy atom. The van der Waals surface area contributed by atoms with E-state index in [9.17, 15) is 19.7 Å². The average molecular weight is 294 g/mol. The van der Waals surface area contributed by atoms with Crippen molar-refractivity contribution in [2.24, 2.45) is 10.7 Å². The van der Waals surface area contributed by atoms with Gasteiger partial charge in [-0.2, -0.15) is 0 Å². The van der Waals surface area contributed by atoms with Crippen molar-refractivity contribution in [1.29, 1.82) is 0 Å². The van der Waals surface area contributed by atoms with Crippen LogP contribution in [0.5, 0.6) is 0 Å². The zero-order chi connectivity index (χ0) is 15.8. The van der Waals surface area contributed by atoms with Crippen molar-refractivity contribution < 1.29 is 14.5 Å². The lowest BCUT2D eigenvalue weighted by Crippen LogP contribution is -2.42. The van der Waals surface area contributed by atoms with E-state index in [2.05, 4.69) is 20.9 Å². The van der Waals surface area contributed by atoms with Gasteiger partial charge in [0.15, 0.2) is 5.96 Å². The summed E-state index contributed by atoms with van der Waals surface area (Å²) in [4.78, 5) is 36.0. The van der Waals surface area contributed by atoms with E-state index < -0.39 is 16.9 Å². The molecule has 3 amide bonds. The van der Waals surface area contributed by atoms with Crippen molar-refractivity contribution >= 4 is 29.3 Å². The molecule has 0 radical (unpaired) electrons. The van der Waals surface area contributed by atoms with Gasteiger partial charge in [-0.25, -0.2) is 9.79 Å². The Labute approximate surface area is 119 Å². The molecular formula is C11H14N6O4. The summed E-state index contributed by atoms with van der Waals surface area (Å²) in [7, 11) is 1.41. The second-order valence-electron chi connectivity index (χ2n) is 3.76. The van der Waals surface area contributed by atoms with Gasteiger partial charge in [-0.3, -0.25) is 20.2 Å². The Morgan fingerprint density at radius 1 is 1.33 bits per heavy atom. The number of aliphatic imine (C=N–C) groups is 1. The van der Waals surface area contributed by atoms with Gasteiger partial charge < -0.3 is 16.4 Å². The minimum absolute atomic E-state index is 0.0787. The Kier molecular flexibility index (Phi) is 5.62. The van der Waals surface area contributed by atoms with Crippen LogP contribution < -0.4 is 21.7 Å². The number of nitro groups is 1. The highest BCUT2D eigenvalue weighted by atomic mass is 16.6. The SMILES string of the molecule is CNC(=O)NC(N)=NCC(=O)Nc1ccc([N+](=O)[O-])cc1. The normalized spacial score (nSPS) is 10.6. The van der Waals surface area contributed by atoms with Crippen molar-refractivity contribution in [2.45, 2.75) is 0 Å². The minimum Gasteiger partial charge on any atom is -0.370 e. The quantitative estimate of drug-likeness (QED) is 0.262. The molecule has 10 heteroatoms. The van der Waals surface area contributed by atoms with Crippen LogP contribution in [0.3, 0.4) is 0 Å². The van der Waals surface area contributed by atoms with E-state index in [1.54, 1.807) is 0 Å². The first kappa shape index (κ1) is 15.9. The monoisotopic (exact) mass is 294 g/mol. The van der Waals surface area contributed by atoms with Crippen LogP contribution in [0.1, 0.15) is 0 Å². The number of carbonyl (C=O) groups is 2. The molecule has 0 saturated heterocycles. The molecular weight excluding hydrogens is 280 g/mol. The molecule has 0 bridgehead atoms. The number of urea groups is 1. The maximum atomic E-state index is 11.6. The van der Waals surface area contributed by atoms with Gasteiger partial charge in [0.25, 0.3) is 5.69 Å². The second-order valence-corrected chi connectivity index (χ2v) is 3.76. The summed E-state index contributed by atoms with van der Waals surface area (Å²) in [5, 5.41) is 17.4. The molecule has 21 heavy (non-hydrogen) atoms. The van der Waals surface area contributed by atoms with Gasteiger partial charge in [-0.15, -0.1) is 0 Å². The molecule has 0 aromatic heterocycles. The van der Waals surface area contributed by atoms with Gasteiger partial charge in [-0.05, 0) is 12.1 Å². The molecule has 1 aromatic rings. The molecule has 0 saturated carbocycles. The maximum absolute atomic E-state index is 11.6. The second kappa shape index (κ2) is 7.43. The number of nitrogens with one attached hydrogen (secondary N) is 3. The van der Waals surface area contributed by atoms with Gasteiger partial charge in [-0.1, -0.05) is 0 Å². The number of anilines is 1. The molecule has 5 N–H and O–H groups in total. The molecule has 1 rings (SSSR count). The van der Waals surface area contributed by atoms with Gasteiger partial charge in [0.1, 0.15) is 6.54 Å². The number of amides is 3. The fourth-order valence-electron chi connectivity index (χ4n) is 1.24. The van der Waals surface area contributed by atoms with Crippen molar-refractivity contribution in [3.05, 3.63) is 34.4 Å². The number of nitro benzene ring substituents is 1. The van der Waals surface area contributed by atoms with Gasteiger partial charge in [0.2, 0.25) is 5.91 Å². The Balaban J connectivity index is 2.52. The van der Waals surface area contributed by atoms with Gasteiger partial charge >= 0.3 is 6.03 Å². The largest absolute Gasteiger partial charge is 0.370 e. The molecule has 112 valence electrons. The number of hydrogen-bond acceptors (Lipinski definition) is 5. The molecule has 0 spiro atoms. The van der Waals surface area contributed by atoms with E-state index in [-0.39, 0.29) is 18.2 Å². The zero-order valence-electron chi connectivity index (χ0n) is 11.1. The predicted molar refractivity (Wildman–Crippen MR) is 75.8 cm³/mol. The molecule has 0 atom stereocenters. The smallest absolute Gasteiger partial charge is 0.321 e. The van der Waals surface area contributed by atoms with Crippen LogP contribution >= 0.6 is 0 Å². The Bertz CT molecular complexity index is 569. The first-order valence-electron chi connectivity index (χ1n) is 5.75. The fraction of sp³-hybridized carbons (Fsp3) is 0.182. The summed E-state index contributed by atoms with van der Waals surface area (Å²) >= 11 is 0. The number of nitrogens with zero attached hydrogens (tertiary/aromatic N) is 2. The number of hydrogen-bond donors (Lipinski definition) is 4. The highest BCUT2D eigenvalue weighted by Crippen LogP contribution is 2.15. The molecule has 0 aliphatic carbocycles. The van der Waals surface area contributed by atoms with E-state index >= 15 is 0 Å². The maximum Gasteiger partial charge on any atom is 0.321 e. The molecule has 1 aromatic carbocycles. The topological polar surface area (TPSA) is 152 Å². The molecule has 10 nitrogen and oxygen atoms in total. The molecule has 0 aliphatic heterocycles. The van der Waals surface area contributed by atoms with Crippen molar-refractivity contribution in [2.75, 3.05) is 18.9 Å². The predicted octanol–water partition coefficient (Wildman–Crippen LogP) is -0.223. The first-order valence-corrected chi connectivity index (χ1v) is 5.75. The molecule has 0 fully saturated rings. The van der Waals surface area contributed by atoms with Gasteiger partial charge in [0.05, 0.1) is 4.92 Å². The van der Waals surface area contributed by atoms with Crippen LogP contribution in [0.4, 0.5) is 16.2 Å². The summed E-state index contributed by atoms with van der Waals surface area (Å²) < 4.78 is 0. The number of rotatable bonds is 4. The summed E-state index contributed by atoms with van der Waals surface area (Å²) in [6.07, 6.45) is 0. The van der Waals surface area contributed by atoms with Crippen LogP contribution in [0, 0.1) is 10.1 Å². The molecule has 0 heterocycles. The van der Waals surface area contributed by atoms with Crippen molar-refractivity contribution in [3.8, 4) is 0 Å². The highest BCUT2D eigenvalue weighted by molar-refractivity contribution is 5.98. The number of guanidine groups is 1. The van der Waals surface area contributed by atoms with E-state index in [0.717, 1.165) is 0 Å². The summed E-state index contributed by atoms with van der Waals surface area (Å²) in [6, 6.07) is 4.77. The Morgan fingerprint density at radius 2 is 1.95 bits per heavy atom. The standard InChI is InChI=1S/C11H14N6O4/c1-13-11(19)16-10(12)14-6-9(18)15-7-2-4-8(5-3-7)17(20)21/h2-5H,6H2,1H3,(H,15,18)(H4,12,13,14,16,19). The third kappa shape index (κ3) is 5.55. The number of carbonyl (C=O) groups excluding carboxylic acids is 2. The van der Waals surface area contributed by atoms with Crippen LogP contribution in [-0.2, 0) is 4.79 Å². The summed E-state index contributed by atoms with van der Waals surface area (Å²) in [5.74, 6) is -0.682. The van der Waals surface area contributed by atoms with Crippen LogP contribution in [-0.4, -0.2) is 36.4 Å². The average Bonchev–Trinajstić information content (AvgIpc) is 2.45. The lowest BCUT2D eigenvalue weighted by Gasteiger charge is -2.04.